The Hall–Kier alpha value is -1.58. The van der Waals surface area contributed by atoms with Gasteiger partial charge in [0.1, 0.15) is 23.2 Å². The first-order valence-corrected chi connectivity index (χ1v) is 10.6. The van der Waals surface area contributed by atoms with Crippen LogP contribution in [0.5, 0.6) is 0 Å². The number of likely N-dealkylation sites (tertiary alicyclic amines) is 1. The Labute approximate surface area is 151 Å². The summed E-state index contributed by atoms with van der Waals surface area (Å²) in [5.74, 6) is 0.684. The molecule has 2 aliphatic rings. The molecule has 9 heteroatoms. The molecule has 2 aliphatic heterocycles. The van der Waals surface area contributed by atoms with Gasteiger partial charge in [0.25, 0.3) is 5.91 Å². The van der Waals surface area contributed by atoms with E-state index in [0.29, 0.717) is 42.8 Å². The van der Waals surface area contributed by atoms with Crippen LogP contribution in [-0.2, 0) is 24.3 Å². The number of nitrogens with one attached hydrogen (secondary N) is 1. The van der Waals surface area contributed by atoms with Crippen LogP contribution in [0.2, 0.25) is 0 Å². The molecule has 0 aromatic carbocycles. The first kappa shape index (κ1) is 18.2. The lowest BCUT2D eigenvalue weighted by molar-refractivity contribution is -0.134. The molecule has 1 N–H and O–H groups in total. The molecule has 7 nitrogen and oxygen atoms in total. The number of hydrogen-bond acceptors (Lipinski definition) is 6. The van der Waals surface area contributed by atoms with Gasteiger partial charge in [0.2, 0.25) is 15.8 Å². The molecule has 1 aromatic rings. The monoisotopic (exact) mass is 386 g/mol. The lowest BCUT2D eigenvalue weighted by atomic mass is 9.98. The highest BCUT2D eigenvalue weighted by Gasteiger charge is 2.30. The van der Waals surface area contributed by atoms with Crippen molar-refractivity contribution >= 4 is 27.3 Å². The SMILES string of the molecule is CC1=C(C(=O)N2CCC[C@H](CNS(=O)(=O)c3cccs3)C2)OCCO1. The Morgan fingerprint density at radius 3 is 2.92 bits per heavy atom. The highest BCUT2D eigenvalue weighted by Crippen LogP contribution is 2.22. The van der Waals surface area contributed by atoms with Crippen LogP contribution >= 0.6 is 11.3 Å². The Bertz CT molecular complexity index is 743. The van der Waals surface area contributed by atoms with Crippen LogP contribution < -0.4 is 4.72 Å². The van der Waals surface area contributed by atoms with Gasteiger partial charge in [-0.15, -0.1) is 11.3 Å². The summed E-state index contributed by atoms with van der Waals surface area (Å²) in [6.45, 7) is 4.02. The minimum absolute atomic E-state index is 0.0813. The van der Waals surface area contributed by atoms with Crippen LogP contribution in [0.3, 0.4) is 0 Å². The number of carbonyl (C=O) groups is 1. The van der Waals surface area contributed by atoms with E-state index < -0.39 is 10.0 Å². The molecule has 3 rings (SSSR count). The van der Waals surface area contributed by atoms with Crippen molar-refractivity contribution in [2.24, 2.45) is 5.92 Å². The van der Waals surface area contributed by atoms with E-state index >= 15 is 0 Å². The number of hydrogen-bond donors (Lipinski definition) is 1. The Morgan fingerprint density at radius 1 is 1.40 bits per heavy atom. The van der Waals surface area contributed by atoms with E-state index in [1.54, 1.807) is 29.3 Å². The molecule has 0 saturated carbocycles. The number of ether oxygens (including phenoxy) is 2. The first-order valence-electron chi connectivity index (χ1n) is 8.26. The van der Waals surface area contributed by atoms with Crippen molar-refractivity contribution in [2.75, 3.05) is 32.8 Å². The highest BCUT2D eigenvalue weighted by atomic mass is 32.2. The lowest BCUT2D eigenvalue weighted by Crippen LogP contribution is -2.45. The maximum Gasteiger partial charge on any atom is 0.292 e. The minimum atomic E-state index is -3.47. The summed E-state index contributed by atoms with van der Waals surface area (Å²) in [4.78, 5) is 14.3. The van der Waals surface area contributed by atoms with Crippen LogP contribution in [0, 0.1) is 5.92 Å². The van der Waals surface area contributed by atoms with Gasteiger partial charge in [-0.1, -0.05) is 6.07 Å². The van der Waals surface area contributed by atoms with Crippen LogP contribution in [-0.4, -0.2) is 52.1 Å². The number of sulfonamides is 1. The average Bonchev–Trinajstić information content (AvgIpc) is 3.16. The standard InChI is InChI=1S/C16H22N2O5S2/c1-12-15(23-8-7-22-12)16(19)18-6-2-4-13(11-18)10-17-25(20,21)14-5-3-9-24-14/h3,5,9,13,17H,2,4,6-8,10-11H2,1H3/t13-/m1/s1. The molecular formula is C16H22N2O5S2. The first-order chi connectivity index (χ1) is 12.0. The summed E-state index contributed by atoms with van der Waals surface area (Å²) in [6.07, 6.45) is 1.72. The summed E-state index contributed by atoms with van der Waals surface area (Å²) in [5.41, 5.74) is 0. The van der Waals surface area contributed by atoms with Crippen LogP contribution in [0.1, 0.15) is 19.8 Å². The van der Waals surface area contributed by atoms with Crippen molar-refractivity contribution in [3.63, 3.8) is 0 Å². The van der Waals surface area contributed by atoms with Crippen molar-refractivity contribution in [3.8, 4) is 0 Å². The molecule has 0 aliphatic carbocycles. The number of allylic oxidation sites excluding steroid dienone is 1. The predicted octanol–water partition coefficient (Wildman–Crippen LogP) is 1.54. The van der Waals surface area contributed by atoms with E-state index in [1.807, 2.05) is 0 Å². The van der Waals surface area contributed by atoms with Gasteiger partial charge in [-0.25, -0.2) is 13.1 Å². The van der Waals surface area contributed by atoms with E-state index in [1.165, 1.54) is 11.3 Å². The van der Waals surface area contributed by atoms with Crippen LogP contribution in [0.15, 0.2) is 33.2 Å². The number of piperidine rings is 1. The third-order valence-corrected chi connectivity index (χ3v) is 7.11. The van der Waals surface area contributed by atoms with Crippen molar-refractivity contribution in [2.45, 2.75) is 24.0 Å². The number of thiophene rings is 1. The molecular weight excluding hydrogens is 364 g/mol. The lowest BCUT2D eigenvalue weighted by Gasteiger charge is -2.34. The molecule has 0 unspecified atom stereocenters. The number of carbonyl (C=O) groups excluding carboxylic acids is 1. The van der Waals surface area contributed by atoms with Crippen LogP contribution in [0.25, 0.3) is 0 Å². The van der Waals surface area contributed by atoms with Gasteiger partial charge >= 0.3 is 0 Å². The Balaban J connectivity index is 1.59. The van der Waals surface area contributed by atoms with Crippen molar-refractivity contribution in [1.29, 1.82) is 0 Å². The summed E-state index contributed by atoms with van der Waals surface area (Å²) in [6, 6.07) is 3.29. The fraction of sp³-hybridized carbons (Fsp3) is 0.562. The van der Waals surface area contributed by atoms with E-state index in [9.17, 15) is 13.2 Å². The normalized spacial score (nSPS) is 21.6. The summed E-state index contributed by atoms with van der Waals surface area (Å²) in [7, 11) is -3.47. The number of rotatable bonds is 5. The summed E-state index contributed by atoms with van der Waals surface area (Å²) >= 11 is 1.19. The zero-order valence-corrected chi connectivity index (χ0v) is 15.7. The number of amides is 1. The fourth-order valence-corrected chi connectivity index (χ4v) is 5.15. The molecule has 3 heterocycles. The molecule has 1 saturated heterocycles. The Morgan fingerprint density at radius 2 is 2.20 bits per heavy atom. The van der Waals surface area contributed by atoms with E-state index in [4.69, 9.17) is 9.47 Å². The molecule has 1 atom stereocenters. The molecule has 1 aromatic heterocycles. The van der Waals surface area contributed by atoms with E-state index in [0.717, 1.165) is 12.8 Å². The fourth-order valence-electron chi connectivity index (χ4n) is 2.99. The quantitative estimate of drug-likeness (QED) is 0.830. The topological polar surface area (TPSA) is 84.9 Å². The van der Waals surface area contributed by atoms with E-state index in [-0.39, 0.29) is 17.6 Å². The van der Waals surface area contributed by atoms with Gasteiger partial charge in [0, 0.05) is 19.6 Å². The smallest absolute Gasteiger partial charge is 0.292 e. The molecule has 0 spiro atoms. The highest BCUT2D eigenvalue weighted by molar-refractivity contribution is 7.91. The third kappa shape index (κ3) is 4.34. The molecule has 1 fully saturated rings. The van der Waals surface area contributed by atoms with Gasteiger partial charge in [0.15, 0.2) is 0 Å². The molecule has 0 radical (unpaired) electrons. The average molecular weight is 386 g/mol. The third-order valence-electron chi connectivity index (χ3n) is 4.29. The van der Waals surface area contributed by atoms with Crippen molar-refractivity contribution in [3.05, 3.63) is 29.0 Å². The molecule has 0 bridgehead atoms. The minimum Gasteiger partial charge on any atom is -0.491 e. The zero-order chi connectivity index (χ0) is 17.9. The molecule has 1 amide bonds. The van der Waals surface area contributed by atoms with E-state index in [2.05, 4.69) is 4.72 Å². The van der Waals surface area contributed by atoms with Crippen molar-refractivity contribution < 1.29 is 22.7 Å². The summed E-state index contributed by atoms with van der Waals surface area (Å²) in [5, 5.41) is 1.73. The van der Waals surface area contributed by atoms with Gasteiger partial charge in [-0.2, -0.15) is 0 Å². The van der Waals surface area contributed by atoms with Gasteiger partial charge in [-0.05, 0) is 37.1 Å². The largest absolute Gasteiger partial charge is 0.491 e. The predicted molar refractivity (Wildman–Crippen MR) is 93.4 cm³/mol. The van der Waals surface area contributed by atoms with Gasteiger partial charge in [0.05, 0.1) is 0 Å². The van der Waals surface area contributed by atoms with Gasteiger partial charge in [-0.3, -0.25) is 4.79 Å². The van der Waals surface area contributed by atoms with Crippen LogP contribution in [0.4, 0.5) is 0 Å². The Kier molecular flexibility index (Phi) is 5.65. The van der Waals surface area contributed by atoms with Crippen molar-refractivity contribution in [1.82, 2.24) is 9.62 Å². The molecule has 138 valence electrons. The second-order valence-corrected chi connectivity index (χ2v) is 9.07. The summed E-state index contributed by atoms with van der Waals surface area (Å²) < 4.78 is 38.2. The van der Waals surface area contributed by atoms with Gasteiger partial charge < -0.3 is 14.4 Å². The molecule has 25 heavy (non-hydrogen) atoms. The number of nitrogens with zero attached hydrogens (tertiary/aromatic N) is 1. The second-order valence-electron chi connectivity index (χ2n) is 6.13. The maximum absolute atomic E-state index is 12.6. The second kappa shape index (κ2) is 7.76. The maximum atomic E-state index is 12.6. The zero-order valence-electron chi connectivity index (χ0n) is 14.1.